The van der Waals surface area contributed by atoms with Crippen LogP contribution in [0.1, 0.15) is 22.4 Å². The summed E-state index contributed by atoms with van der Waals surface area (Å²) in [6, 6.07) is 4.36. The maximum atomic E-state index is 4.47. The van der Waals surface area contributed by atoms with Crippen molar-refractivity contribution in [2.75, 3.05) is 6.54 Å². The summed E-state index contributed by atoms with van der Waals surface area (Å²) in [4.78, 5) is 12.9. The average molecular weight is 287 g/mol. The molecule has 0 saturated heterocycles. The second kappa shape index (κ2) is 6.02. The van der Waals surface area contributed by atoms with Crippen LogP contribution in [0.2, 0.25) is 0 Å². The maximum Gasteiger partial charge on any atom is 0.131 e. The van der Waals surface area contributed by atoms with E-state index >= 15 is 0 Å². The lowest BCUT2D eigenvalue weighted by atomic mass is 10.2. The molecule has 1 atom stereocenters. The number of nitrogens with one attached hydrogen (secondary N) is 2. The molecule has 0 radical (unpaired) electrons. The number of aryl methyl sites for hydroxylation is 1. The predicted molar refractivity (Wildman–Crippen MR) is 79.7 cm³/mol. The van der Waals surface area contributed by atoms with E-state index in [9.17, 15) is 0 Å². The molecule has 20 heavy (non-hydrogen) atoms. The summed E-state index contributed by atoms with van der Waals surface area (Å²) in [5, 5.41) is 5.68. The van der Waals surface area contributed by atoms with Crippen LogP contribution >= 0.6 is 11.3 Å². The number of aromatic amines is 1. The van der Waals surface area contributed by atoms with Gasteiger partial charge in [-0.15, -0.1) is 11.3 Å². The van der Waals surface area contributed by atoms with E-state index in [1.165, 1.54) is 4.88 Å². The van der Waals surface area contributed by atoms with Crippen molar-refractivity contribution in [3.63, 3.8) is 0 Å². The zero-order valence-electron chi connectivity index (χ0n) is 11.3. The molecule has 104 valence electrons. The number of nitrogens with zero attached hydrogens (tertiary/aromatic N) is 3. The van der Waals surface area contributed by atoms with Crippen molar-refractivity contribution >= 4 is 11.3 Å². The van der Waals surface area contributed by atoms with Gasteiger partial charge < -0.3 is 14.9 Å². The van der Waals surface area contributed by atoms with Crippen molar-refractivity contribution in [2.24, 2.45) is 7.05 Å². The quantitative estimate of drug-likeness (QED) is 0.730. The number of aromatic nitrogens is 4. The molecule has 0 aliphatic carbocycles. The molecule has 0 aliphatic heterocycles. The van der Waals surface area contributed by atoms with Crippen LogP contribution in [0.4, 0.5) is 0 Å². The molecule has 0 amide bonds. The molecular formula is C14H17N5S. The SMILES string of the molecule is Cn1ccnc1C(NCCc1cnc[nH]1)c1cccs1. The van der Waals surface area contributed by atoms with Crippen LogP contribution in [0.5, 0.6) is 0 Å². The van der Waals surface area contributed by atoms with Crippen molar-refractivity contribution in [3.05, 3.63) is 58.8 Å². The van der Waals surface area contributed by atoms with Gasteiger partial charge in [0.2, 0.25) is 0 Å². The highest BCUT2D eigenvalue weighted by molar-refractivity contribution is 7.10. The summed E-state index contributed by atoms with van der Waals surface area (Å²) in [7, 11) is 2.03. The molecular weight excluding hydrogens is 270 g/mol. The predicted octanol–water partition coefficient (Wildman–Crippen LogP) is 2.13. The molecule has 0 spiro atoms. The first-order valence-corrected chi connectivity index (χ1v) is 7.44. The highest BCUT2D eigenvalue weighted by Gasteiger charge is 2.18. The van der Waals surface area contributed by atoms with Crippen molar-refractivity contribution in [2.45, 2.75) is 12.5 Å². The molecule has 3 aromatic rings. The van der Waals surface area contributed by atoms with Gasteiger partial charge in [-0.25, -0.2) is 9.97 Å². The van der Waals surface area contributed by atoms with E-state index in [1.807, 2.05) is 25.6 Å². The summed E-state index contributed by atoms with van der Waals surface area (Å²) < 4.78 is 2.06. The van der Waals surface area contributed by atoms with Crippen molar-refractivity contribution in [3.8, 4) is 0 Å². The number of hydrogen-bond acceptors (Lipinski definition) is 4. The standard InChI is InChI=1S/C14H17N5S/c1-19-7-6-17-14(19)13(12-3-2-8-20-12)16-5-4-11-9-15-10-18-11/h2-3,6-10,13,16H,4-5H2,1H3,(H,15,18). The maximum absolute atomic E-state index is 4.47. The Morgan fingerprint density at radius 2 is 2.45 bits per heavy atom. The van der Waals surface area contributed by atoms with E-state index < -0.39 is 0 Å². The molecule has 6 heteroatoms. The second-order valence-corrected chi connectivity index (χ2v) is 5.61. The van der Waals surface area contributed by atoms with Gasteiger partial charge in [-0.3, -0.25) is 0 Å². The fourth-order valence-electron chi connectivity index (χ4n) is 2.20. The van der Waals surface area contributed by atoms with Crippen LogP contribution in [0.3, 0.4) is 0 Å². The van der Waals surface area contributed by atoms with Crippen LogP contribution in [-0.4, -0.2) is 26.1 Å². The Bertz CT molecular complexity index is 626. The normalized spacial score (nSPS) is 12.7. The highest BCUT2D eigenvalue weighted by Crippen LogP contribution is 2.24. The van der Waals surface area contributed by atoms with Gasteiger partial charge in [-0.2, -0.15) is 0 Å². The lowest BCUT2D eigenvalue weighted by Gasteiger charge is -2.17. The molecule has 1 unspecified atom stereocenters. The topological polar surface area (TPSA) is 58.5 Å². The van der Waals surface area contributed by atoms with Crippen molar-refractivity contribution < 1.29 is 0 Å². The number of hydrogen-bond donors (Lipinski definition) is 2. The minimum Gasteiger partial charge on any atom is -0.348 e. The lowest BCUT2D eigenvalue weighted by molar-refractivity contribution is 0.565. The first-order chi connectivity index (χ1) is 9.84. The van der Waals surface area contributed by atoms with Gasteiger partial charge in [0.1, 0.15) is 11.9 Å². The van der Waals surface area contributed by atoms with E-state index in [2.05, 4.69) is 42.3 Å². The van der Waals surface area contributed by atoms with Gasteiger partial charge >= 0.3 is 0 Å². The smallest absolute Gasteiger partial charge is 0.131 e. The zero-order chi connectivity index (χ0) is 13.8. The third-order valence-electron chi connectivity index (χ3n) is 3.24. The largest absolute Gasteiger partial charge is 0.348 e. The molecule has 3 heterocycles. The van der Waals surface area contributed by atoms with E-state index in [0.717, 1.165) is 24.5 Å². The van der Waals surface area contributed by atoms with Crippen LogP contribution in [0, 0.1) is 0 Å². The van der Waals surface area contributed by atoms with Crippen LogP contribution < -0.4 is 5.32 Å². The van der Waals surface area contributed by atoms with Gasteiger partial charge in [0, 0.05) is 49.2 Å². The van der Waals surface area contributed by atoms with Crippen molar-refractivity contribution in [1.29, 1.82) is 0 Å². The fourth-order valence-corrected chi connectivity index (χ4v) is 3.00. The number of H-pyrrole nitrogens is 1. The summed E-state index contributed by atoms with van der Waals surface area (Å²) in [6.45, 7) is 0.873. The lowest BCUT2D eigenvalue weighted by Crippen LogP contribution is -2.26. The Morgan fingerprint density at radius 1 is 1.50 bits per heavy atom. The number of imidazole rings is 2. The Hall–Kier alpha value is -1.92. The first-order valence-electron chi connectivity index (χ1n) is 6.56. The number of rotatable bonds is 6. The molecule has 2 N–H and O–H groups in total. The third kappa shape index (κ3) is 2.81. The molecule has 0 fully saturated rings. The Morgan fingerprint density at radius 3 is 3.10 bits per heavy atom. The zero-order valence-corrected chi connectivity index (χ0v) is 12.1. The van der Waals surface area contributed by atoms with Crippen LogP contribution in [0.25, 0.3) is 0 Å². The van der Waals surface area contributed by atoms with Gasteiger partial charge in [-0.1, -0.05) is 6.07 Å². The molecule has 0 bridgehead atoms. The van der Waals surface area contributed by atoms with Crippen molar-refractivity contribution in [1.82, 2.24) is 24.8 Å². The molecule has 3 aromatic heterocycles. The fraction of sp³-hybridized carbons (Fsp3) is 0.286. The summed E-state index contributed by atoms with van der Waals surface area (Å²) in [6.07, 6.45) is 8.32. The summed E-state index contributed by atoms with van der Waals surface area (Å²) >= 11 is 1.75. The van der Waals surface area contributed by atoms with E-state index in [0.29, 0.717) is 0 Å². The number of thiophene rings is 1. The highest BCUT2D eigenvalue weighted by atomic mass is 32.1. The molecule has 5 nitrogen and oxygen atoms in total. The Kier molecular flexibility index (Phi) is 3.94. The second-order valence-electron chi connectivity index (χ2n) is 4.63. The Balaban J connectivity index is 1.72. The van der Waals surface area contributed by atoms with Crippen LogP contribution in [-0.2, 0) is 13.5 Å². The molecule has 0 aromatic carbocycles. The van der Waals surface area contributed by atoms with Gasteiger partial charge in [-0.05, 0) is 11.4 Å². The van der Waals surface area contributed by atoms with Crippen LogP contribution in [0.15, 0.2) is 42.4 Å². The molecule has 0 saturated carbocycles. The summed E-state index contributed by atoms with van der Waals surface area (Å²) in [5.74, 6) is 1.04. The average Bonchev–Trinajstić information content (AvgIpc) is 3.18. The van der Waals surface area contributed by atoms with E-state index in [1.54, 1.807) is 17.7 Å². The first kappa shape index (κ1) is 13.1. The summed E-state index contributed by atoms with van der Waals surface area (Å²) in [5.41, 5.74) is 1.14. The minimum atomic E-state index is 0.137. The van der Waals surface area contributed by atoms with E-state index in [4.69, 9.17) is 0 Å². The minimum absolute atomic E-state index is 0.137. The van der Waals surface area contributed by atoms with Gasteiger partial charge in [0.15, 0.2) is 0 Å². The Labute approximate surface area is 121 Å². The third-order valence-corrected chi connectivity index (χ3v) is 4.18. The van der Waals surface area contributed by atoms with E-state index in [-0.39, 0.29) is 6.04 Å². The van der Waals surface area contributed by atoms with Gasteiger partial charge in [0.05, 0.1) is 6.33 Å². The molecule has 3 rings (SSSR count). The molecule has 0 aliphatic rings. The van der Waals surface area contributed by atoms with Gasteiger partial charge in [0.25, 0.3) is 0 Å². The monoisotopic (exact) mass is 287 g/mol.